The van der Waals surface area contributed by atoms with Crippen LogP contribution in [0.2, 0.25) is 0 Å². The Labute approximate surface area is 119 Å². The molecule has 0 heterocycles. The number of nitrogens with two attached hydrogens (primary N) is 1. The average Bonchev–Trinajstić information content (AvgIpc) is 2.45. The Kier molecular flexibility index (Phi) is 4.42. The highest BCUT2D eigenvalue weighted by Crippen LogP contribution is 2.17. The summed E-state index contributed by atoms with van der Waals surface area (Å²) in [6.07, 6.45) is 1.18. The molecule has 0 aliphatic carbocycles. The SMILES string of the molecule is CS(=O)(=O)c1ccc(OCc2ccc(CN)cc2)cc1. The molecule has 0 bridgehead atoms. The molecule has 0 saturated heterocycles. The van der Waals surface area contributed by atoms with Crippen molar-refractivity contribution in [1.82, 2.24) is 0 Å². The topological polar surface area (TPSA) is 69.4 Å². The molecule has 0 radical (unpaired) electrons. The number of sulfone groups is 1. The van der Waals surface area contributed by atoms with Crippen LogP contribution in [0.5, 0.6) is 5.75 Å². The molecule has 0 fully saturated rings. The molecule has 0 amide bonds. The highest BCUT2D eigenvalue weighted by atomic mass is 32.2. The third-order valence-corrected chi connectivity index (χ3v) is 4.04. The minimum Gasteiger partial charge on any atom is -0.489 e. The molecule has 0 spiro atoms. The zero-order chi connectivity index (χ0) is 14.6. The maximum Gasteiger partial charge on any atom is 0.175 e. The Morgan fingerprint density at radius 2 is 1.50 bits per heavy atom. The normalized spacial score (nSPS) is 11.3. The van der Waals surface area contributed by atoms with Crippen molar-refractivity contribution in [2.24, 2.45) is 5.73 Å². The quantitative estimate of drug-likeness (QED) is 0.916. The average molecular weight is 291 g/mol. The predicted molar refractivity (Wildman–Crippen MR) is 78.2 cm³/mol. The highest BCUT2D eigenvalue weighted by Gasteiger charge is 2.06. The van der Waals surface area contributed by atoms with Gasteiger partial charge in [-0.1, -0.05) is 24.3 Å². The molecule has 4 nitrogen and oxygen atoms in total. The van der Waals surface area contributed by atoms with Crippen molar-refractivity contribution in [1.29, 1.82) is 0 Å². The van der Waals surface area contributed by atoms with E-state index in [0.29, 0.717) is 18.9 Å². The second-order valence-corrected chi connectivity index (χ2v) is 6.57. The lowest BCUT2D eigenvalue weighted by Gasteiger charge is -2.07. The van der Waals surface area contributed by atoms with E-state index in [4.69, 9.17) is 10.5 Å². The van der Waals surface area contributed by atoms with Crippen molar-refractivity contribution < 1.29 is 13.2 Å². The van der Waals surface area contributed by atoms with Gasteiger partial charge in [-0.15, -0.1) is 0 Å². The molecular formula is C15H17NO3S. The molecular weight excluding hydrogens is 274 g/mol. The van der Waals surface area contributed by atoms with Crippen LogP contribution in [0.25, 0.3) is 0 Å². The molecule has 2 N–H and O–H groups in total. The van der Waals surface area contributed by atoms with Gasteiger partial charge in [0, 0.05) is 12.8 Å². The molecule has 2 aromatic carbocycles. The zero-order valence-corrected chi connectivity index (χ0v) is 12.1. The van der Waals surface area contributed by atoms with Crippen molar-refractivity contribution in [2.45, 2.75) is 18.0 Å². The van der Waals surface area contributed by atoms with Gasteiger partial charge in [0.25, 0.3) is 0 Å². The summed E-state index contributed by atoms with van der Waals surface area (Å²) in [5.74, 6) is 0.639. The first-order valence-electron chi connectivity index (χ1n) is 6.20. The first-order valence-corrected chi connectivity index (χ1v) is 8.09. The van der Waals surface area contributed by atoms with Gasteiger partial charge < -0.3 is 10.5 Å². The molecule has 0 aliphatic rings. The smallest absolute Gasteiger partial charge is 0.175 e. The predicted octanol–water partition coefficient (Wildman–Crippen LogP) is 2.13. The Morgan fingerprint density at radius 1 is 0.950 bits per heavy atom. The van der Waals surface area contributed by atoms with Gasteiger partial charge in [-0.25, -0.2) is 8.42 Å². The molecule has 2 rings (SSSR count). The van der Waals surface area contributed by atoms with E-state index in [2.05, 4.69) is 0 Å². The van der Waals surface area contributed by atoms with E-state index in [1.54, 1.807) is 24.3 Å². The lowest BCUT2D eigenvalue weighted by molar-refractivity contribution is 0.306. The summed E-state index contributed by atoms with van der Waals surface area (Å²) in [6.45, 7) is 0.956. The Hall–Kier alpha value is -1.85. The molecule has 106 valence electrons. The van der Waals surface area contributed by atoms with E-state index < -0.39 is 9.84 Å². The Morgan fingerprint density at radius 3 is 2.00 bits per heavy atom. The maximum absolute atomic E-state index is 11.3. The molecule has 0 aliphatic heterocycles. The summed E-state index contributed by atoms with van der Waals surface area (Å²) in [7, 11) is -3.16. The molecule has 0 saturated carbocycles. The largest absolute Gasteiger partial charge is 0.489 e. The van der Waals surface area contributed by atoms with Crippen LogP contribution in [0, 0.1) is 0 Å². The third kappa shape index (κ3) is 3.82. The zero-order valence-electron chi connectivity index (χ0n) is 11.2. The van der Waals surface area contributed by atoms with E-state index in [1.807, 2.05) is 24.3 Å². The van der Waals surface area contributed by atoms with Crippen molar-refractivity contribution >= 4 is 9.84 Å². The van der Waals surface area contributed by atoms with Gasteiger partial charge in [0.2, 0.25) is 0 Å². The van der Waals surface area contributed by atoms with Gasteiger partial charge in [-0.3, -0.25) is 0 Å². The van der Waals surface area contributed by atoms with Crippen LogP contribution in [-0.4, -0.2) is 14.7 Å². The van der Waals surface area contributed by atoms with Crippen molar-refractivity contribution in [3.05, 3.63) is 59.7 Å². The number of rotatable bonds is 5. The summed E-state index contributed by atoms with van der Waals surface area (Å²) in [4.78, 5) is 0.289. The van der Waals surface area contributed by atoms with Crippen LogP contribution >= 0.6 is 0 Å². The fourth-order valence-electron chi connectivity index (χ4n) is 1.72. The molecule has 2 aromatic rings. The summed E-state index contributed by atoms with van der Waals surface area (Å²) in [5.41, 5.74) is 7.65. The van der Waals surface area contributed by atoms with Crippen LogP contribution in [0.3, 0.4) is 0 Å². The van der Waals surface area contributed by atoms with Gasteiger partial charge in [0.15, 0.2) is 9.84 Å². The first kappa shape index (κ1) is 14.6. The van der Waals surface area contributed by atoms with Gasteiger partial charge in [0.1, 0.15) is 12.4 Å². The standard InChI is InChI=1S/C15H17NO3S/c1-20(17,18)15-8-6-14(7-9-15)19-11-13-4-2-12(10-16)3-5-13/h2-9H,10-11,16H2,1H3. The minimum atomic E-state index is -3.16. The minimum absolute atomic E-state index is 0.289. The number of ether oxygens (including phenoxy) is 1. The maximum atomic E-state index is 11.3. The summed E-state index contributed by atoms with van der Waals surface area (Å²) in [6, 6.07) is 14.3. The summed E-state index contributed by atoms with van der Waals surface area (Å²) in [5, 5.41) is 0. The second kappa shape index (κ2) is 6.07. The lowest BCUT2D eigenvalue weighted by atomic mass is 10.1. The molecule has 0 aromatic heterocycles. The Balaban J connectivity index is 2.00. The first-order chi connectivity index (χ1) is 9.49. The summed E-state index contributed by atoms with van der Waals surface area (Å²) >= 11 is 0. The van der Waals surface area contributed by atoms with Crippen molar-refractivity contribution in [2.75, 3.05) is 6.26 Å². The van der Waals surface area contributed by atoms with E-state index in [9.17, 15) is 8.42 Å². The van der Waals surface area contributed by atoms with Crippen LogP contribution in [0.15, 0.2) is 53.4 Å². The number of hydrogen-bond donors (Lipinski definition) is 1. The van der Waals surface area contributed by atoms with E-state index in [1.165, 1.54) is 6.26 Å². The van der Waals surface area contributed by atoms with Crippen LogP contribution in [0.1, 0.15) is 11.1 Å². The fourth-order valence-corrected chi connectivity index (χ4v) is 2.35. The van der Waals surface area contributed by atoms with Gasteiger partial charge in [-0.2, -0.15) is 0 Å². The number of hydrogen-bond acceptors (Lipinski definition) is 4. The van der Waals surface area contributed by atoms with E-state index in [0.717, 1.165) is 11.1 Å². The van der Waals surface area contributed by atoms with Crippen LogP contribution in [0.4, 0.5) is 0 Å². The summed E-state index contributed by atoms with van der Waals surface area (Å²) < 4.78 is 28.3. The van der Waals surface area contributed by atoms with Gasteiger partial charge >= 0.3 is 0 Å². The monoisotopic (exact) mass is 291 g/mol. The second-order valence-electron chi connectivity index (χ2n) is 4.55. The van der Waals surface area contributed by atoms with Crippen molar-refractivity contribution in [3.8, 4) is 5.75 Å². The van der Waals surface area contributed by atoms with Gasteiger partial charge in [0.05, 0.1) is 4.90 Å². The van der Waals surface area contributed by atoms with Crippen molar-refractivity contribution in [3.63, 3.8) is 0 Å². The van der Waals surface area contributed by atoms with Crippen LogP contribution < -0.4 is 10.5 Å². The van der Waals surface area contributed by atoms with Crippen LogP contribution in [-0.2, 0) is 23.0 Å². The van der Waals surface area contributed by atoms with E-state index in [-0.39, 0.29) is 4.90 Å². The lowest BCUT2D eigenvalue weighted by Crippen LogP contribution is -1.99. The number of benzene rings is 2. The fraction of sp³-hybridized carbons (Fsp3) is 0.200. The molecule has 20 heavy (non-hydrogen) atoms. The molecule has 5 heteroatoms. The molecule has 0 unspecified atom stereocenters. The van der Waals surface area contributed by atoms with Gasteiger partial charge in [-0.05, 0) is 35.4 Å². The third-order valence-electron chi connectivity index (χ3n) is 2.92. The highest BCUT2D eigenvalue weighted by molar-refractivity contribution is 7.90. The molecule has 0 atom stereocenters. The Bertz CT molecular complexity index is 661. The van der Waals surface area contributed by atoms with E-state index >= 15 is 0 Å².